The summed E-state index contributed by atoms with van der Waals surface area (Å²) >= 11 is 0. The van der Waals surface area contributed by atoms with E-state index in [0.717, 1.165) is 0 Å². The highest BCUT2D eigenvalue weighted by Gasteiger charge is 2.63. The Bertz CT molecular complexity index is 346. The number of ether oxygens (including phenoxy) is 2. The standard InChI is InChI=1S/C11H15F5O4/c1-3-7(2)8(17)19-4-5-20-9(18)11(15,16)10(13,14)6-12/h7H,3-6H2,1-2H3. The minimum atomic E-state index is -5.28. The predicted octanol–water partition coefficient (Wildman–Crippen LogP) is 2.36. The molecule has 0 aliphatic carbocycles. The number of alkyl halides is 5. The van der Waals surface area contributed by atoms with E-state index in [9.17, 15) is 31.5 Å². The minimum Gasteiger partial charge on any atom is -0.462 e. The highest BCUT2D eigenvalue weighted by Crippen LogP contribution is 2.35. The summed E-state index contributed by atoms with van der Waals surface area (Å²) in [5, 5.41) is 0. The van der Waals surface area contributed by atoms with Gasteiger partial charge in [-0.2, -0.15) is 17.6 Å². The van der Waals surface area contributed by atoms with Gasteiger partial charge in [0.2, 0.25) is 0 Å². The molecular formula is C11H15F5O4. The Morgan fingerprint density at radius 2 is 1.60 bits per heavy atom. The molecule has 0 bridgehead atoms. The van der Waals surface area contributed by atoms with Crippen molar-refractivity contribution in [1.82, 2.24) is 0 Å². The fraction of sp³-hybridized carbons (Fsp3) is 0.818. The molecule has 0 saturated carbocycles. The molecule has 0 radical (unpaired) electrons. The second kappa shape index (κ2) is 7.39. The molecule has 9 heteroatoms. The Hall–Kier alpha value is -1.41. The van der Waals surface area contributed by atoms with Gasteiger partial charge in [0.25, 0.3) is 0 Å². The van der Waals surface area contributed by atoms with Crippen LogP contribution in [0.3, 0.4) is 0 Å². The number of carbonyl (C=O) groups excluding carboxylic acids is 2. The number of halogens is 5. The fourth-order valence-electron chi connectivity index (χ4n) is 0.909. The number of hydrogen-bond acceptors (Lipinski definition) is 4. The number of hydrogen-bond donors (Lipinski definition) is 0. The number of carbonyl (C=O) groups is 2. The molecule has 0 rings (SSSR count). The lowest BCUT2D eigenvalue weighted by molar-refractivity contribution is -0.232. The first-order valence-electron chi connectivity index (χ1n) is 5.75. The SMILES string of the molecule is CCC(C)C(=O)OCCOC(=O)C(F)(F)C(F)(F)CF. The zero-order valence-corrected chi connectivity index (χ0v) is 10.9. The molecule has 0 heterocycles. The summed E-state index contributed by atoms with van der Waals surface area (Å²) in [4.78, 5) is 21.9. The number of esters is 2. The zero-order chi connectivity index (χ0) is 16.0. The summed E-state index contributed by atoms with van der Waals surface area (Å²) in [5.74, 6) is -14.0. The maximum atomic E-state index is 12.8. The van der Waals surface area contributed by atoms with Crippen molar-refractivity contribution in [3.8, 4) is 0 Å². The normalized spacial score (nSPS) is 13.8. The molecule has 0 aromatic heterocycles. The van der Waals surface area contributed by atoms with Crippen LogP contribution in [0.15, 0.2) is 0 Å². The summed E-state index contributed by atoms with van der Waals surface area (Å²) in [7, 11) is 0. The second-order valence-corrected chi connectivity index (χ2v) is 4.03. The van der Waals surface area contributed by atoms with Gasteiger partial charge in [0, 0.05) is 0 Å². The van der Waals surface area contributed by atoms with Gasteiger partial charge in [-0.05, 0) is 6.42 Å². The molecule has 0 spiro atoms. The molecule has 0 saturated heterocycles. The molecule has 0 fully saturated rings. The van der Waals surface area contributed by atoms with Gasteiger partial charge in [0.15, 0.2) is 6.67 Å². The van der Waals surface area contributed by atoms with Gasteiger partial charge in [-0.15, -0.1) is 0 Å². The van der Waals surface area contributed by atoms with Crippen LogP contribution >= 0.6 is 0 Å². The lowest BCUT2D eigenvalue weighted by Gasteiger charge is -2.22. The maximum Gasteiger partial charge on any atom is 0.407 e. The molecule has 1 unspecified atom stereocenters. The predicted molar refractivity (Wildman–Crippen MR) is 57.2 cm³/mol. The van der Waals surface area contributed by atoms with Crippen LogP contribution in [0.1, 0.15) is 20.3 Å². The lowest BCUT2D eigenvalue weighted by Crippen LogP contribution is -2.49. The maximum absolute atomic E-state index is 12.8. The van der Waals surface area contributed by atoms with Crippen LogP contribution < -0.4 is 0 Å². The van der Waals surface area contributed by atoms with Crippen LogP contribution in [0, 0.1) is 5.92 Å². The Morgan fingerprint density at radius 1 is 1.10 bits per heavy atom. The molecule has 118 valence electrons. The largest absolute Gasteiger partial charge is 0.462 e. The van der Waals surface area contributed by atoms with Crippen LogP contribution in [-0.4, -0.2) is 43.7 Å². The molecule has 0 amide bonds. The van der Waals surface area contributed by atoms with Crippen molar-refractivity contribution in [2.24, 2.45) is 5.92 Å². The molecule has 0 aromatic carbocycles. The van der Waals surface area contributed by atoms with Crippen LogP contribution in [0.4, 0.5) is 22.0 Å². The second-order valence-electron chi connectivity index (χ2n) is 4.03. The molecule has 4 nitrogen and oxygen atoms in total. The summed E-state index contributed by atoms with van der Waals surface area (Å²) < 4.78 is 70.6. The Balaban J connectivity index is 4.22. The van der Waals surface area contributed by atoms with Crippen molar-refractivity contribution in [1.29, 1.82) is 0 Å². The molecule has 20 heavy (non-hydrogen) atoms. The van der Waals surface area contributed by atoms with Gasteiger partial charge in [-0.3, -0.25) is 4.79 Å². The Kier molecular flexibility index (Phi) is 6.87. The third kappa shape index (κ3) is 4.61. The van der Waals surface area contributed by atoms with Crippen molar-refractivity contribution in [3.63, 3.8) is 0 Å². The highest BCUT2D eigenvalue weighted by molar-refractivity contribution is 5.79. The first-order valence-corrected chi connectivity index (χ1v) is 5.75. The molecule has 0 aliphatic heterocycles. The Labute approximate surface area is 112 Å². The fourth-order valence-corrected chi connectivity index (χ4v) is 0.909. The minimum absolute atomic E-state index is 0.428. The molecular weight excluding hydrogens is 291 g/mol. The number of rotatable bonds is 8. The van der Waals surface area contributed by atoms with Gasteiger partial charge in [0.05, 0.1) is 5.92 Å². The smallest absolute Gasteiger partial charge is 0.407 e. The van der Waals surface area contributed by atoms with Crippen molar-refractivity contribution >= 4 is 11.9 Å². The van der Waals surface area contributed by atoms with Gasteiger partial charge < -0.3 is 9.47 Å². The van der Waals surface area contributed by atoms with Gasteiger partial charge in [-0.1, -0.05) is 13.8 Å². The lowest BCUT2D eigenvalue weighted by atomic mass is 10.1. The van der Waals surface area contributed by atoms with Gasteiger partial charge >= 0.3 is 23.8 Å². The van der Waals surface area contributed by atoms with Crippen molar-refractivity contribution in [3.05, 3.63) is 0 Å². The van der Waals surface area contributed by atoms with E-state index < -0.39 is 49.6 Å². The van der Waals surface area contributed by atoms with E-state index in [1.54, 1.807) is 13.8 Å². The van der Waals surface area contributed by atoms with Gasteiger partial charge in [0.1, 0.15) is 13.2 Å². The van der Waals surface area contributed by atoms with E-state index in [0.29, 0.717) is 6.42 Å². The zero-order valence-electron chi connectivity index (χ0n) is 10.9. The average molecular weight is 306 g/mol. The van der Waals surface area contributed by atoms with E-state index in [1.807, 2.05) is 0 Å². The van der Waals surface area contributed by atoms with E-state index in [2.05, 4.69) is 9.47 Å². The average Bonchev–Trinajstić information content (AvgIpc) is 2.41. The summed E-state index contributed by atoms with van der Waals surface area (Å²) in [6, 6.07) is 0. The van der Waals surface area contributed by atoms with E-state index in [4.69, 9.17) is 0 Å². The summed E-state index contributed by atoms with van der Waals surface area (Å²) in [5.41, 5.74) is 0. The first-order chi connectivity index (χ1) is 9.10. The molecule has 1 atom stereocenters. The Morgan fingerprint density at radius 3 is 2.05 bits per heavy atom. The quantitative estimate of drug-likeness (QED) is 0.392. The molecule has 0 aromatic rings. The van der Waals surface area contributed by atoms with Crippen LogP contribution in [0.5, 0.6) is 0 Å². The van der Waals surface area contributed by atoms with Crippen molar-refractivity contribution < 1.29 is 41.0 Å². The molecule has 0 aliphatic rings. The third-order valence-electron chi connectivity index (χ3n) is 2.46. The highest BCUT2D eigenvalue weighted by atomic mass is 19.3. The van der Waals surface area contributed by atoms with E-state index in [-0.39, 0.29) is 0 Å². The van der Waals surface area contributed by atoms with Crippen molar-refractivity contribution in [2.75, 3.05) is 19.9 Å². The van der Waals surface area contributed by atoms with E-state index >= 15 is 0 Å². The molecule has 0 N–H and O–H groups in total. The first kappa shape index (κ1) is 18.6. The monoisotopic (exact) mass is 306 g/mol. The van der Waals surface area contributed by atoms with Crippen LogP contribution in [-0.2, 0) is 19.1 Å². The summed E-state index contributed by atoms with van der Waals surface area (Å²) in [6.07, 6.45) is 0.486. The van der Waals surface area contributed by atoms with Crippen molar-refractivity contribution in [2.45, 2.75) is 32.1 Å². The van der Waals surface area contributed by atoms with Crippen LogP contribution in [0.2, 0.25) is 0 Å². The van der Waals surface area contributed by atoms with Crippen LogP contribution in [0.25, 0.3) is 0 Å². The van der Waals surface area contributed by atoms with Gasteiger partial charge in [-0.25, -0.2) is 9.18 Å². The topological polar surface area (TPSA) is 52.6 Å². The summed E-state index contributed by atoms with van der Waals surface area (Å²) in [6.45, 7) is -0.793. The van der Waals surface area contributed by atoms with E-state index in [1.165, 1.54) is 0 Å². The third-order valence-corrected chi connectivity index (χ3v) is 2.46.